The molecular formula is C26H16ClN3O5S2. The Morgan fingerprint density at radius 3 is 2.57 bits per heavy atom. The first-order chi connectivity index (χ1) is 17.8. The van der Waals surface area contributed by atoms with Gasteiger partial charge in [0.15, 0.2) is 5.13 Å². The van der Waals surface area contributed by atoms with E-state index in [9.17, 15) is 18.3 Å². The predicted molar refractivity (Wildman–Crippen MR) is 143 cm³/mol. The SMILES string of the molecule is Nc1ccc2c(=O)c3c(-c4cccc(Cl)c4)n(-c4ncc(S(=O)(=O)c5ccccc5)s4)c(O)c3oc2c1. The highest BCUT2D eigenvalue weighted by Crippen LogP contribution is 2.42. The van der Waals surface area contributed by atoms with E-state index in [1.807, 2.05) is 0 Å². The minimum atomic E-state index is -3.86. The third kappa shape index (κ3) is 3.69. The van der Waals surface area contributed by atoms with E-state index in [1.54, 1.807) is 54.6 Å². The van der Waals surface area contributed by atoms with Gasteiger partial charge in [-0.05, 0) is 36.4 Å². The lowest BCUT2D eigenvalue weighted by Crippen LogP contribution is -2.04. The van der Waals surface area contributed by atoms with Gasteiger partial charge in [-0.2, -0.15) is 0 Å². The molecular weight excluding hydrogens is 534 g/mol. The Labute approximate surface area is 218 Å². The summed E-state index contributed by atoms with van der Waals surface area (Å²) in [4.78, 5) is 18.1. The summed E-state index contributed by atoms with van der Waals surface area (Å²) >= 11 is 7.11. The van der Waals surface area contributed by atoms with Crippen molar-refractivity contribution in [2.75, 3.05) is 5.73 Å². The minimum absolute atomic E-state index is 0.0277. The maximum absolute atomic E-state index is 13.7. The van der Waals surface area contributed by atoms with Gasteiger partial charge in [0.2, 0.25) is 26.7 Å². The molecule has 0 saturated carbocycles. The molecule has 0 radical (unpaired) electrons. The first kappa shape index (κ1) is 23.3. The molecule has 0 saturated heterocycles. The van der Waals surface area contributed by atoms with Gasteiger partial charge in [-0.1, -0.05) is 53.3 Å². The normalized spacial score (nSPS) is 11.9. The number of nitrogen functional groups attached to an aromatic ring is 1. The van der Waals surface area contributed by atoms with Crippen molar-refractivity contribution >= 4 is 60.4 Å². The van der Waals surface area contributed by atoms with Gasteiger partial charge in [-0.3, -0.25) is 9.36 Å². The maximum Gasteiger partial charge on any atom is 0.243 e. The van der Waals surface area contributed by atoms with E-state index < -0.39 is 21.1 Å². The molecule has 8 nitrogen and oxygen atoms in total. The summed E-state index contributed by atoms with van der Waals surface area (Å²) in [5.74, 6) is -0.413. The average Bonchev–Trinajstić information content (AvgIpc) is 3.48. The molecule has 0 aliphatic carbocycles. The van der Waals surface area contributed by atoms with Crippen LogP contribution >= 0.6 is 22.9 Å². The molecule has 0 unspecified atom stereocenters. The van der Waals surface area contributed by atoms with Crippen molar-refractivity contribution in [3.63, 3.8) is 0 Å². The Balaban J connectivity index is 1.68. The number of sulfone groups is 1. The van der Waals surface area contributed by atoms with E-state index in [-0.39, 0.29) is 41.9 Å². The van der Waals surface area contributed by atoms with Crippen molar-refractivity contribution in [2.24, 2.45) is 0 Å². The average molecular weight is 550 g/mol. The summed E-state index contributed by atoms with van der Waals surface area (Å²) in [5, 5.41) is 12.2. The van der Waals surface area contributed by atoms with Crippen LogP contribution in [0.3, 0.4) is 0 Å². The van der Waals surface area contributed by atoms with Crippen LogP contribution < -0.4 is 11.2 Å². The lowest BCUT2D eigenvalue weighted by molar-refractivity contribution is 0.437. The number of hydrogen-bond donors (Lipinski definition) is 2. The number of fused-ring (bicyclic) bond motifs is 2. The molecule has 3 heterocycles. The predicted octanol–water partition coefficient (Wildman–Crippen LogP) is 5.63. The van der Waals surface area contributed by atoms with E-state index >= 15 is 0 Å². The third-order valence-corrected chi connectivity index (χ3v) is 9.32. The number of nitrogens with two attached hydrogens (primary N) is 1. The molecule has 0 amide bonds. The van der Waals surface area contributed by atoms with Crippen molar-refractivity contribution < 1.29 is 17.9 Å². The fourth-order valence-electron chi connectivity index (χ4n) is 4.19. The number of hydrogen-bond acceptors (Lipinski definition) is 8. The van der Waals surface area contributed by atoms with Crippen molar-refractivity contribution in [1.29, 1.82) is 0 Å². The molecule has 0 aliphatic rings. The number of aromatic nitrogens is 2. The maximum atomic E-state index is 13.7. The van der Waals surface area contributed by atoms with Crippen molar-refractivity contribution in [2.45, 2.75) is 9.10 Å². The molecule has 0 bridgehead atoms. The zero-order chi connectivity index (χ0) is 25.9. The van der Waals surface area contributed by atoms with Crippen LogP contribution in [-0.4, -0.2) is 23.1 Å². The second-order valence-electron chi connectivity index (χ2n) is 8.19. The smallest absolute Gasteiger partial charge is 0.243 e. The molecule has 0 fully saturated rings. The van der Waals surface area contributed by atoms with E-state index in [1.165, 1.54) is 29.0 Å². The molecule has 0 aliphatic heterocycles. The lowest BCUT2D eigenvalue weighted by atomic mass is 10.1. The lowest BCUT2D eigenvalue weighted by Gasteiger charge is -2.08. The van der Waals surface area contributed by atoms with Crippen LogP contribution in [0.1, 0.15) is 0 Å². The fraction of sp³-hybridized carbons (Fsp3) is 0. The topological polar surface area (TPSA) is 128 Å². The Kier molecular flexibility index (Phi) is 5.34. The Morgan fingerprint density at radius 1 is 1.03 bits per heavy atom. The van der Waals surface area contributed by atoms with Gasteiger partial charge in [-0.25, -0.2) is 13.4 Å². The van der Waals surface area contributed by atoms with Crippen LogP contribution in [0.15, 0.2) is 97.3 Å². The Morgan fingerprint density at radius 2 is 1.81 bits per heavy atom. The number of rotatable bonds is 4. The van der Waals surface area contributed by atoms with E-state index in [0.29, 0.717) is 16.3 Å². The van der Waals surface area contributed by atoms with Gasteiger partial charge >= 0.3 is 0 Å². The molecule has 37 heavy (non-hydrogen) atoms. The highest BCUT2D eigenvalue weighted by atomic mass is 35.5. The number of benzene rings is 3. The number of nitrogens with zero attached hydrogens (tertiary/aromatic N) is 2. The molecule has 0 atom stereocenters. The summed E-state index contributed by atoms with van der Waals surface area (Å²) < 4.78 is 33.6. The minimum Gasteiger partial charge on any atom is -0.491 e. The van der Waals surface area contributed by atoms with E-state index in [4.69, 9.17) is 21.8 Å². The molecule has 11 heteroatoms. The quantitative estimate of drug-likeness (QED) is 0.272. The molecule has 6 rings (SSSR count). The van der Waals surface area contributed by atoms with Crippen molar-refractivity contribution in [1.82, 2.24) is 9.55 Å². The summed E-state index contributed by atoms with van der Waals surface area (Å²) in [6.07, 6.45) is 1.22. The molecule has 0 spiro atoms. The molecule has 3 aromatic heterocycles. The Bertz CT molecular complexity index is 2010. The Hall–Kier alpha value is -4.12. The summed E-state index contributed by atoms with van der Waals surface area (Å²) in [7, 11) is -3.86. The number of thiazole rings is 1. The third-order valence-electron chi connectivity index (χ3n) is 5.87. The summed E-state index contributed by atoms with van der Waals surface area (Å²) in [5.41, 5.74) is 6.75. The van der Waals surface area contributed by atoms with Gasteiger partial charge in [0.1, 0.15) is 9.79 Å². The van der Waals surface area contributed by atoms with E-state index in [2.05, 4.69) is 4.98 Å². The van der Waals surface area contributed by atoms with Crippen LogP contribution in [0, 0.1) is 0 Å². The van der Waals surface area contributed by atoms with Gasteiger partial charge < -0.3 is 15.3 Å². The zero-order valence-corrected chi connectivity index (χ0v) is 21.1. The second-order valence-corrected chi connectivity index (χ2v) is 11.8. The largest absolute Gasteiger partial charge is 0.491 e. The fourth-order valence-corrected chi connectivity index (χ4v) is 6.93. The van der Waals surface area contributed by atoms with Crippen LogP contribution in [0.2, 0.25) is 5.02 Å². The zero-order valence-electron chi connectivity index (χ0n) is 18.8. The first-order valence-corrected chi connectivity index (χ1v) is 13.6. The molecule has 6 aromatic rings. The van der Waals surface area contributed by atoms with Crippen LogP contribution in [0.5, 0.6) is 5.88 Å². The van der Waals surface area contributed by atoms with Gasteiger partial charge in [0, 0.05) is 22.3 Å². The van der Waals surface area contributed by atoms with Crippen molar-refractivity contribution in [3.05, 3.63) is 94.2 Å². The highest BCUT2D eigenvalue weighted by molar-refractivity contribution is 7.93. The standard InChI is InChI=1S/C26H16ClN3O5S2/c27-15-6-4-5-14(11-15)22-21-23(31)18-10-9-16(28)12-19(18)35-24(21)25(32)30(22)26-29-13-20(36-26)37(33,34)17-7-2-1-3-8-17/h1-13,32H,28H2. The van der Waals surface area contributed by atoms with Gasteiger partial charge in [0.25, 0.3) is 0 Å². The van der Waals surface area contributed by atoms with Crippen LogP contribution in [-0.2, 0) is 9.84 Å². The molecule has 3 N–H and O–H groups in total. The van der Waals surface area contributed by atoms with Gasteiger partial charge in [0.05, 0.1) is 27.6 Å². The van der Waals surface area contributed by atoms with Crippen LogP contribution in [0.4, 0.5) is 5.69 Å². The molecule has 184 valence electrons. The summed E-state index contributed by atoms with van der Waals surface area (Å²) in [6.45, 7) is 0. The number of aromatic hydroxyl groups is 1. The van der Waals surface area contributed by atoms with Crippen LogP contribution in [0.25, 0.3) is 38.3 Å². The highest BCUT2D eigenvalue weighted by Gasteiger charge is 2.28. The number of halogens is 1. The van der Waals surface area contributed by atoms with Gasteiger partial charge in [-0.15, -0.1) is 0 Å². The number of anilines is 1. The van der Waals surface area contributed by atoms with E-state index in [0.717, 1.165) is 11.3 Å². The summed E-state index contributed by atoms with van der Waals surface area (Å²) in [6, 6.07) is 19.3. The second kappa shape index (κ2) is 8.48. The van der Waals surface area contributed by atoms with Crippen molar-refractivity contribution in [3.8, 4) is 22.3 Å². The monoisotopic (exact) mass is 549 g/mol. The molecule has 3 aromatic carbocycles. The first-order valence-electron chi connectivity index (χ1n) is 10.9.